The zero-order valence-electron chi connectivity index (χ0n) is 12.8. The van der Waals surface area contributed by atoms with E-state index in [4.69, 9.17) is 11.6 Å². The molecule has 0 spiro atoms. The highest BCUT2D eigenvalue weighted by atomic mass is 35.5. The van der Waals surface area contributed by atoms with Gasteiger partial charge in [-0.3, -0.25) is 4.79 Å². The van der Waals surface area contributed by atoms with Gasteiger partial charge >= 0.3 is 0 Å². The summed E-state index contributed by atoms with van der Waals surface area (Å²) in [7, 11) is 0. The molecule has 0 atom stereocenters. The fourth-order valence-corrected chi connectivity index (χ4v) is 3.12. The number of thioether (sulfide) groups is 1. The highest BCUT2D eigenvalue weighted by molar-refractivity contribution is 8.18. The molecule has 3 rings (SSSR count). The van der Waals surface area contributed by atoms with Crippen molar-refractivity contribution in [1.29, 1.82) is 0 Å². The molecule has 1 N–H and O–H groups in total. The van der Waals surface area contributed by atoms with Crippen LogP contribution >= 0.6 is 23.4 Å². The fraction of sp³-hybridized carbons (Fsp3) is 0.111. The lowest BCUT2D eigenvalue weighted by molar-refractivity contribution is -0.115. The molecule has 5 heteroatoms. The van der Waals surface area contributed by atoms with E-state index in [9.17, 15) is 4.79 Å². The van der Waals surface area contributed by atoms with Crippen LogP contribution in [0.4, 0.5) is 5.69 Å². The van der Waals surface area contributed by atoms with Crippen LogP contribution in [-0.2, 0) is 4.79 Å². The number of benzene rings is 2. The molecule has 1 heterocycles. The van der Waals surface area contributed by atoms with Crippen molar-refractivity contribution in [1.82, 2.24) is 5.32 Å². The van der Waals surface area contributed by atoms with Gasteiger partial charge in [-0.2, -0.15) is 0 Å². The maximum Gasteiger partial charge on any atom is 0.264 e. The number of carbonyl (C=O) groups excluding carboxylic acids is 1. The zero-order valence-corrected chi connectivity index (χ0v) is 14.3. The van der Waals surface area contributed by atoms with Gasteiger partial charge in [0.25, 0.3) is 5.91 Å². The third-order valence-corrected chi connectivity index (χ3v) is 4.78. The highest BCUT2D eigenvalue weighted by Crippen LogP contribution is 2.29. The van der Waals surface area contributed by atoms with Crippen LogP contribution in [0.1, 0.15) is 16.7 Å². The van der Waals surface area contributed by atoms with E-state index < -0.39 is 0 Å². The van der Waals surface area contributed by atoms with Gasteiger partial charge in [-0.15, -0.1) is 0 Å². The molecule has 2 aromatic carbocycles. The summed E-state index contributed by atoms with van der Waals surface area (Å²) in [5, 5.41) is 4.09. The second-order valence-electron chi connectivity index (χ2n) is 5.25. The quantitative estimate of drug-likeness (QED) is 0.793. The minimum absolute atomic E-state index is 0.131. The van der Waals surface area contributed by atoms with Crippen LogP contribution in [0.2, 0.25) is 5.02 Å². The fourth-order valence-electron chi connectivity index (χ4n) is 2.16. The molecule has 0 radical (unpaired) electrons. The van der Waals surface area contributed by atoms with E-state index >= 15 is 0 Å². The van der Waals surface area contributed by atoms with Crippen molar-refractivity contribution >= 4 is 46.2 Å². The smallest absolute Gasteiger partial charge is 0.264 e. The van der Waals surface area contributed by atoms with E-state index in [-0.39, 0.29) is 5.91 Å². The Morgan fingerprint density at radius 2 is 1.87 bits per heavy atom. The number of rotatable bonds is 2. The average Bonchev–Trinajstić information content (AvgIpc) is 2.86. The summed E-state index contributed by atoms with van der Waals surface area (Å²) >= 11 is 7.22. The molecule has 1 saturated heterocycles. The van der Waals surface area contributed by atoms with Crippen LogP contribution in [0.15, 0.2) is 52.4 Å². The Bertz CT molecular complexity index is 825. The van der Waals surface area contributed by atoms with Crippen LogP contribution < -0.4 is 5.32 Å². The maximum absolute atomic E-state index is 12.1. The number of nitrogens with zero attached hydrogens (tertiary/aromatic N) is 1. The number of aryl methyl sites for hydroxylation is 1. The molecule has 1 aliphatic rings. The molecule has 2 aromatic rings. The predicted octanol–water partition coefficient (Wildman–Crippen LogP) is 4.85. The first-order valence-electron chi connectivity index (χ1n) is 7.14. The van der Waals surface area contributed by atoms with Crippen LogP contribution in [0.25, 0.3) is 6.08 Å². The first-order chi connectivity index (χ1) is 11.0. The van der Waals surface area contributed by atoms with Crippen LogP contribution in [0.3, 0.4) is 0 Å². The van der Waals surface area contributed by atoms with E-state index in [2.05, 4.69) is 10.3 Å². The number of aliphatic imine (C=N–C) groups is 1. The highest BCUT2D eigenvalue weighted by Gasteiger charge is 2.23. The van der Waals surface area contributed by atoms with Crippen molar-refractivity contribution < 1.29 is 4.79 Å². The van der Waals surface area contributed by atoms with Gasteiger partial charge in [0.15, 0.2) is 5.17 Å². The van der Waals surface area contributed by atoms with Crippen molar-refractivity contribution in [3.05, 3.63) is 69.1 Å². The van der Waals surface area contributed by atoms with Crippen molar-refractivity contribution in [2.24, 2.45) is 4.99 Å². The number of halogens is 1. The summed E-state index contributed by atoms with van der Waals surface area (Å²) in [6.07, 6.45) is 1.84. The van der Waals surface area contributed by atoms with Crippen LogP contribution in [-0.4, -0.2) is 11.1 Å². The standard InChI is InChI=1S/C18H15ClN2OS/c1-11-4-3-5-15(12(11)2)20-18-21-17(22)16(23-18)10-13-6-8-14(19)9-7-13/h3-10H,1-2H3,(H,20,21,22). The van der Waals surface area contributed by atoms with Gasteiger partial charge in [-0.1, -0.05) is 35.9 Å². The Morgan fingerprint density at radius 3 is 2.61 bits per heavy atom. The molecule has 1 fully saturated rings. The molecule has 1 aliphatic heterocycles. The van der Waals surface area contributed by atoms with E-state index in [0.29, 0.717) is 15.1 Å². The van der Waals surface area contributed by atoms with Gasteiger partial charge in [0.05, 0.1) is 10.6 Å². The SMILES string of the molecule is Cc1cccc(N=C2NC(=O)C(=Cc3ccc(Cl)cc3)S2)c1C. The van der Waals surface area contributed by atoms with Crippen molar-refractivity contribution in [2.75, 3.05) is 0 Å². The summed E-state index contributed by atoms with van der Waals surface area (Å²) in [5.41, 5.74) is 4.10. The summed E-state index contributed by atoms with van der Waals surface area (Å²) < 4.78 is 0. The van der Waals surface area contributed by atoms with Crippen molar-refractivity contribution in [3.63, 3.8) is 0 Å². The minimum Gasteiger partial charge on any atom is -0.300 e. The maximum atomic E-state index is 12.1. The molecule has 0 unspecified atom stereocenters. The molecule has 116 valence electrons. The topological polar surface area (TPSA) is 41.5 Å². The molecule has 1 amide bonds. The van der Waals surface area contributed by atoms with Crippen LogP contribution in [0.5, 0.6) is 0 Å². The third kappa shape index (κ3) is 3.66. The number of amidine groups is 1. The number of nitrogens with one attached hydrogen (secondary N) is 1. The minimum atomic E-state index is -0.131. The van der Waals surface area contributed by atoms with Gasteiger partial charge < -0.3 is 5.32 Å². The average molecular weight is 343 g/mol. The van der Waals surface area contributed by atoms with Crippen molar-refractivity contribution in [2.45, 2.75) is 13.8 Å². The molecule has 3 nitrogen and oxygen atoms in total. The van der Waals surface area contributed by atoms with Gasteiger partial charge in [0.1, 0.15) is 0 Å². The number of hydrogen-bond donors (Lipinski definition) is 1. The lowest BCUT2D eigenvalue weighted by Gasteiger charge is -2.04. The molecular weight excluding hydrogens is 328 g/mol. The summed E-state index contributed by atoms with van der Waals surface area (Å²) in [6.45, 7) is 4.08. The molecular formula is C18H15ClN2OS. The van der Waals surface area contributed by atoms with Gasteiger partial charge in [-0.25, -0.2) is 4.99 Å². The van der Waals surface area contributed by atoms with Gasteiger partial charge in [0.2, 0.25) is 0 Å². The van der Waals surface area contributed by atoms with E-state index in [1.165, 1.54) is 17.3 Å². The van der Waals surface area contributed by atoms with E-state index in [1.807, 2.05) is 50.3 Å². The van der Waals surface area contributed by atoms with E-state index in [0.717, 1.165) is 16.8 Å². The lowest BCUT2D eigenvalue weighted by atomic mass is 10.1. The van der Waals surface area contributed by atoms with E-state index in [1.54, 1.807) is 12.1 Å². The lowest BCUT2D eigenvalue weighted by Crippen LogP contribution is -2.19. The molecule has 23 heavy (non-hydrogen) atoms. The Morgan fingerprint density at radius 1 is 1.13 bits per heavy atom. The summed E-state index contributed by atoms with van der Waals surface area (Å²) in [6, 6.07) is 13.3. The Hall–Kier alpha value is -2.04. The van der Waals surface area contributed by atoms with Crippen molar-refractivity contribution in [3.8, 4) is 0 Å². The monoisotopic (exact) mass is 342 g/mol. The number of amides is 1. The Kier molecular flexibility index (Phi) is 4.55. The number of carbonyl (C=O) groups is 1. The molecule has 0 saturated carbocycles. The third-order valence-electron chi connectivity index (χ3n) is 3.62. The molecule has 0 aliphatic carbocycles. The van der Waals surface area contributed by atoms with Gasteiger partial charge in [-0.05, 0) is 66.6 Å². The predicted molar refractivity (Wildman–Crippen MR) is 98.2 cm³/mol. The summed E-state index contributed by atoms with van der Waals surface area (Å²) in [4.78, 5) is 17.3. The second-order valence-corrected chi connectivity index (χ2v) is 6.72. The second kappa shape index (κ2) is 6.60. The first kappa shape index (κ1) is 15.8. The Labute approximate surface area is 144 Å². The van der Waals surface area contributed by atoms with Gasteiger partial charge in [0, 0.05) is 5.02 Å². The largest absolute Gasteiger partial charge is 0.300 e. The molecule has 0 aromatic heterocycles. The zero-order chi connectivity index (χ0) is 16.4. The molecule has 0 bridgehead atoms. The van der Waals surface area contributed by atoms with Crippen LogP contribution in [0, 0.1) is 13.8 Å². The normalized spacial score (nSPS) is 17.8. The number of hydrogen-bond acceptors (Lipinski definition) is 3. The summed E-state index contributed by atoms with van der Waals surface area (Å²) in [5.74, 6) is -0.131. The first-order valence-corrected chi connectivity index (χ1v) is 8.34. The Balaban J connectivity index is 1.86.